The number of hydrogen-bond acceptors (Lipinski definition) is 3. The normalized spacial score (nSPS) is 14.3. The summed E-state index contributed by atoms with van der Waals surface area (Å²) in [5.74, 6) is -2.84. The summed E-state index contributed by atoms with van der Waals surface area (Å²) < 4.78 is 26.2. The second-order valence-electron chi connectivity index (χ2n) is 5.03. The molecule has 4 nitrogen and oxygen atoms in total. The molecule has 1 aromatic carbocycles. The van der Waals surface area contributed by atoms with Gasteiger partial charge in [-0.05, 0) is 43.5 Å². The van der Waals surface area contributed by atoms with Crippen molar-refractivity contribution < 1.29 is 18.7 Å². The summed E-state index contributed by atoms with van der Waals surface area (Å²) in [4.78, 5) is 11.4. The van der Waals surface area contributed by atoms with Crippen LogP contribution in [0.1, 0.15) is 31.2 Å². The number of hydrogen-bond donors (Lipinski definition) is 3. The summed E-state index contributed by atoms with van der Waals surface area (Å²) in [7, 11) is 0. The van der Waals surface area contributed by atoms with Gasteiger partial charge in [0.15, 0.2) is 17.4 Å². The first-order valence-electron chi connectivity index (χ1n) is 6.73. The number of amides is 1. The van der Waals surface area contributed by atoms with Crippen LogP contribution in [-0.4, -0.2) is 23.6 Å². The molecule has 0 bridgehead atoms. The molecule has 1 aromatic rings. The fraction of sp³-hybridized carbons (Fsp3) is 0.500. The van der Waals surface area contributed by atoms with E-state index in [4.69, 9.17) is 5.11 Å². The van der Waals surface area contributed by atoms with Crippen molar-refractivity contribution in [1.29, 1.82) is 0 Å². The number of carbonyl (C=O) groups is 1. The molecule has 1 saturated carbocycles. The summed E-state index contributed by atoms with van der Waals surface area (Å²) in [5.41, 5.74) is 0.417. The van der Waals surface area contributed by atoms with Crippen LogP contribution in [0, 0.1) is 11.6 Å². The molecule has 0 atom stereocenters. The molecule has 0 aliphatic heterocycles. The lowest BCUT2D eigenvalue weighted by Crippen LogP contribution is -2.26. The molecule has 6 heteroatoms. The molecule has 1 amide bonds. The minimum Gasteiger partial charge on any atom is -0.503 e. The summed E-state index contributed by atoms with van der Waals surface area (Å²) in [6, 6.07) is 2.55. The predicted molar refractivity (Wildman–Crippen MR) is 70.1 cm³/mol. The Morgan fingerprint density at radius 1 is 1.30 bits per heavy atom. The lowest BCUT2D eigenvalue weighted by atomic mass is 10.2. The van der Waals surface area contributed by atoms with Gasteiger partial charge in [-0.25, -0.2) is 8.78 Å². The molecule has 0 radical (unpaired) electrons. The van der Waals surface area contributed by atoms with Crippen LogP contribution < -0.4 is 10.6 Å². The topological polar surface area (TPSA) is 61.4 Å². The van der Waals surface area contributed by atoms with Crippen LogP contribution in [0.4, 0.5) is 8.78 Å². The van der Waals surface area contributed by atoms with Gasteiger partial charge in [0.2, 0.25) is 5.91 Å². The van der Waals surface area contributed by atoms with Gasteiger partial charge >= 0.3 is 0 Å². The molecule has 20 heavy (non-hydrogen) atoms. The van der Waals surface area contributed by atoms with Crippen LogP contribution in [0.15, 0.2) is 12.1 Å². The molecule has 0 spiro atoms. The third-order valence-electron chi connectivity index (χ3n) is 3.11. The quantitative estimate of drug-likeness (QED) is 0.669. The smallest absolute Gasteiger partial charge is 0.220 e. The van der Waals surface area contributed by atoms with Crippen LogP contribution in [0.25, 0.3) is 0 Å². The van der Waals surface area contributed by atoms with Gasteiger partial charge in [-0.15, -0.1) is 0 Å². The maximum atomic E-state index is 13.1. The first-order chi connectivity index (χ1) is 9.56. The molecule has 0 saturated heterocycles. The molecule has 3 N–H and O–H groups in total. The highest BCUT2D eigenvalue weighted by atomic mass is 19.1. The zero-order chi connectivity index (χ0) is 14.5. The van der Waals surface area contributed by atoms with Gasteiger partial charge in [0.1, 0.15) is 0 Å². The van der Waals surface area contributed by atoms with E-state index in [1.807, 2.05) is 0 Å². The Morgan fingerprint density at radius 2 is 1.95 bits per heavy atom. The third kappa shape index (κ3) is 4.45. The molecular weight excluding hydrogens is 266 g/mol. The summed E-state index contributed by atoms with van der Waals surface area (Å²) >= 11 is 0. The Morgan fingerprint density at radius 3 is 2.55 bits per heavy atom. The number of aromatic hydroxyl groups is 1. The monoisotopic (exact) mass is 284 g/mol. The number of phenols is 1. The van der Waals surface area contributed by atoms with Crippen molar-refractivity contribution in [2.24, 2.45) is 0 Å². The SMILES string of the molecule is O=C(CCCNCc1cc(F)c(O)c(F)c1)NC1CC1. The average molecular weight is 284 g/mol. The van der Waals surface area contributed by atoms with Gasteiger partial charge < -0.3 is 15.7 Å². The number of carbonyl (C=O) groups excluding carboxylic acids is 1. The molecule has 1 aliphatic rings. The Labute approximate surface area is 116 Å². The van der Waals surface area contributed by atoms with E-state index in [0.29, 0.717) is 37.5 Å². The number of halogens is 2. The highest BCUT2D eigenvalue weighted by Gasteiger charge is 2.22. The van der Waals surface area contributed by atoms with Crippen molar-refractivity contribution in [1.82, 2.24) is 10.6 Å². The fourth-order valence-corrected chi connectivity index (χ4v) is 1.85. The third-order valence-corrected chi connectivity index (χ3v) is 3.11. The van der Waals surface area contributed by atoms with Gasteiger partial charge in [-0.1, -0.05) is 0 Å². The number of benzene rings is 1. The second kappa shape index (κ2) is 6.65. The molecule has 2 rings (SSSR count). The molecular formula is C14H18F2N2O2. The molecule has 1 aliphatic carbocycles. The summed E-state index contributed by atoms with van der Waals surface area (Å²) in [6.07, 6.45) is 3.26. The van der Waals surface area contributed by atoms with Crippen molar-refractivity contribution >= 4 is 5.91 Å². The van der Waals surface area contributed by atoms with Crippen LogP contribution in [0.2, 0.25) is 0 Å². The van der Waals surface area contributed by atoms with Gasteiger partial charge in [-0.3, -0.25) is 4.79 Å². The second-order valence-corrected chi connectivity index (χ2v) is 5.03. The maximum Gasteiger partial charge on any atom is 0.220 e. The molecule has 0 unspecified atom stereocenters. The number of phenolic OH excluding ortho intramolecular Hbond substituents is 1. The van der Waals surface area contributed by atoms with Crippen LogP contribution in [-0.2, 0) is 11.3 Å². The maximum absolute atomic E-state index is 13.1. The first kappa shape index (κ1) is 14.7. The van der Waals surface area contributed by atoms with Crippen LogP contribution >= 0.6 is 0 Å². The van der Waals surface area contributed by atoms with Gasteiger partial charge in [0.25, 0.3) is 0 Å². The number of nitrogens with one attached hydrogen (secondary N) is 2. The van der Waals surface area contributed by atoms with E-state index in [1.165, 1.54) is 0 Å². The van der Waals surface area contributed by atoms with E-state index < -0.39 is 17.4 Å². The number of rotatable bonds is 7. The van der Waals surface area contributed by atoms with E-state index in [9.17, 15) is 13.6 Å². The Kier molecular flexibility index (Phi) is 4.89. The molecule has 0 heterocycles. The fourth-order valence-electron chi connectivity index (χ4n) is 1.85. The average Bonchev–Trinajstić information content (AvgIpc) is 3.19. The van der Waals surface area contributed by atoms with Crippen molar-refractivity contribution in [3.8, 4) is 5.75 Å². The standard InChI is InChI=1S/C14H18F2N2O2/c15-11-6-9(7-12(16)14(11)20)8-17-5-1-2-13(19)18-10-3-4-10/h6-7,10,17,20H,1-5,8H2,(H,18,19). The van der Waals surface area contributed by atoms with Crippen molar-refractivity contribution in [3.63, 3.8) is 0 Å². The van der Waals surface area contributed by atoms with E-state index in [0.717, 1.165) is 25.0 Å². The van der Waals surface area contributed by atoms with Crippen molar-refractivity contribution in [3.05, 3.63) is 29.3 Å². The van der Waals surface area contributed by atoms with Gasteiger partial charge in [0, 0.05) is 19.0 Å². The minimum atomic E-state index is -0.967. The zero-order valence-corrected chi connectivity index (χ0v) is 11.1. The minimum absolute atomic E-state index is 0.0519. The largest absolute Gasteiger partial charge is 0.503 e. The first-order valence-corrected chi connectivity index (χ1v) is 6.73. The molecule has 110 valence electrons. The van der Waals surface area contributed by atoms with E-state index in [-0.39, 0.29) is 5.91 Å². The Balaban J connectivity index is 1.64. The predicted octanol–water partition coefficient (Wildman–Crippen LogP) is 1.82. The van der Waals surface area contributed by atoms with Gasteiger partial charge in [0.05, 0.1) is 0 Å². The van der Waals surface area contributed by atoms with Crippen LogP contribution in [0.3, 0.4) is 0 Å². The molecule has 1 fully saturated rings. The molecule has 0 aromatic heterocycles. The Hall–Kier alpha value is -1.69. The van der Waals surface area contributed by atoms with Gasteiger partial charge in [-0.2, -0.15) is 0 Å². The Bertz CT molecular complexity index is 467. The van der Waals surface area contributed by atoms with Crippen molar-refractivity contribution in [2.75, 3.05) is 6.54 Å². The highest BCUT2D eigenvalue weighted by Crippen LogP contribution is 2.21. The van der Waals surface area contributed by atoms with Crippen molar-refractivity contribution in [2.45, 2.75) is 38.3 Å². The summed E-state index contributed by atoms with van der Waals surface area (Å²) in [5, 5.41) is 14.9. The highest BCUT2D eigenvalue weighted by molar-refractivity contribution is 5.76. The lowest BCUT2D eigenvalue weighted by Gasteiger charge is -2.07. The lowest BCUT2D eigenvalue weighted by molar-refractivity contribution is -0.121. The van der Waals surface area contributed by atoms with E-state index in [1.54, 1.807) is 0 Å². The van der Waals surface area contributed by atoms with E-state index >= 15 is 0 Å². The zero-order valence-electron chi connectivity index (χ0n) is 11.1. The van der Waals surface area contributed by atoms with Crippen LogP contribution in [0.5, 0.6) is 5.75 Å². The summed E-state index contributed by atoms with van der Waals surface area (Å²) in [6.45, 7) is 0.876. The van der Waals surface area contributed by atoms with E-state index in [2.05, 4.69) is 10.6 Å².